The molecule has 22 heavy (non-hydrogen) atoms. The summed E-state index contributed by atoms with van der Waals surface area (Å²) in [5.41, 5.74) is 4.07. The van der Waals surface area contributed by atoms with Crippen LogP contribution in [-0.2, 0) is 0 Å². The molecule has 0 aliphatic heterocycles. The van der Waals surface area contributed by atoms with Gasteiger partial charge in [-0.25, -0.2) is 0 Å². The molecule has 1 N–H and O–H groups in total. The van der Waals surface area contributed by atoms with Gasteiger partial charge in [-0.2, -0.15) is 0 Å². The number of benzene rings is 2. The lowest BCUT2D eigenvalue weighted by Gasteiger charge is -2.32. The van der Waals surface area contributed by atoms with Gasteiger partial charge in [0.05, 0.1) is 10.0 Å². The molecule has 116 valence electrons. The molecule has 4 heteroatoms. The number of nitrogens with one attached hydrogen (secondary N) is 1. The average Bonchev–Trinajstić information content (AvgIpc) is 2.55. The minimum atomic E-state index is 0.390. The van der Waals surface area contributed by atoms with Crippen molar-refractivity contribution in [1.82, 2.24) is 5.32 Å². The Hall–Kier alpha value is -0.670. The maximum absolute atomic E-state index is 6.23. The molecule has 1 aliphatic carbocycles. The Morgan fingerprint density at radius 3 is 2.50 bits per heavy atom. The number of halogens is 2. The second kappa shape index (κ2) is 6.84. The topological polar surface area (TPSA) is 12.0 Å². The van der Waals surface area contributed by atoms with Crippen LogP contribution in [-0.4, -0.2) is 13.3 Å². The van der Waals surface area contributed by atoms with Crippen LogP contribution in [0.2, 0.25) is 10.0 Å². The third kappa shape index (κ3) is 3.03. The monoisotopic (exact) mass is 351 g/mol. The van der Waals surface area contributed by atoms with E-state index in [4.69, 9.17) is 23.2 Å². The van der Waals surface area contributed by atoms with Gasteiger partial charge in [-0.15, -0.1) is 11.8 Å². The summed E-state index contributed by atoms with van der Waals surface area (Å²) >= 11 is 14.1. The summed E-state index contributed by atoms with van der Waals surface area (Å²) in [5, 5.41) is 4.69. The van der Waals surface area contributed by atoms with E-state index < -0.39 is 0 Å². The highest BCUT2D eigenvalue weighted by atomic mass is 35.5. The zero-order chi connectivity index (χ0) is 15.7. The van der Waals surface area contributed by atoms with Crippen LogP contribution < -0.4 is 5.32 Å². The second-order valence-electron chi connectivity index (χ2n) is 5.64. The highest BCUT2D eigenvalue weighted by Gasteiger charge is 2.28. The molecule has 0 saturated heterocycles. The van der Waals surface area contributed by atoms with Gasteiger partial charge in [0.1, 0.15) is 0 Å². The average molecular weight is 352 g/mol. The lowest BCUT2D eigenvalue weighted by molar-refractivity contribution is 0.470. The molecular weight excluding hydrogens is 333 g/mol. The van der Waals surface area contributed by atoms with Crippen molar-refractivity contribution in [2.24, 2.45) is 0 Å². The van der Waals surface area contributed by atoms with Crippen molar-refractivity contribution in [3.8, 4) is 0 Å². The molecule has 3 rings (SSSR count). The van der Waals surface area contributed by atoms with Crippen LogP contribution in [0.1, 0.15) is 41.5 Å². The molecule has 2 aromatic rings. The fraction of sp³-hybridized carbons (Fsp3) is 0.333. The molecule has 0 saturated carbocycles. The predicted molar refractivity (Wildman–Crippen MR) is 97.6 cm³/mol. The van der Waals surface area contributed by atoms with Crippen LogP contribution in [0.25, 0.3) is 0 Å². The van der Waals surface area contributed by atoms with E-state index in [9.17, 15) is 0 Å². The van der Waals surface area contributed by atoms with Crippen molar-refractivity contribution in [1.29, 1.82) is 0 Å². The summed E-state index contributed by atoms with van der Waals surface area (Å²) in [6, 6.07) is 13.3. The van der Waals surface area contributed by atoms with Gasteiger partial charge in [0.15, 0.2) is 0 Å². The Morgan fingerprint density at radius 1 is 1.00 bits per heavy atom. The summed E-state index contributed by atoms with van der Waals surface area (Å²) in [5.74, 6) is 0.390. The number of hydrogen-bond acceptors (Lipinski definition) is 2. The summed E-state index contributed by atoms with van der Waals surface area (Å²) < 4.78 is 0. The minimum absolute atomic E-state index is 0.390. The third-order valence-corrected chi connectivity index (χ3v) is 5.95. The van der Waals surface area contributed by atoms with Crippen LogP contribution >= 0.6 is 35.0 Å². The molecule has 0 spiro atoms. The van der Waals surface area contributed by atoms with E-state index in [1.54, 1.807) is 11.8 Å². The Labute approximate surface area is 146 Å². The van der Waals surface area contributed by atoms with E-state index in [0.29, 0.717) is 22.0 Å². The zero-order valence-electron chi connectivity index (χ0n) is 12.7. The molecule has 0 bridgehead atoms. The number of hydrogen-bond donors (Lipinski definition) is 1. The van der Waals surface area contributed by atoms with Gasteiger partial charge < -0.3 is 5.32 Å². The van der Waals surface area contributed by atoms with Crippen molar-refractivity contribution in [3.63, 3.8) is 0 Å². The fourth-order valence-corrected chi connectivity index (χ4v) is 4.07. The van der Waals surface area contributed by atoms with Crippen LogP contribution in [0, 0.1) is 0 Å². The largest absolute Gasteiger partial charge is 0.313 e. The molecule has 2 aromatic carbocycles. The molecule has 0 heterocycles. The van der Waals surface area contributed by atoms with E-state index in [-0.39, 0.29) is 0 Å². The molecule has 0 amide bonds. The number of rotatable bonds is 3. The first-order chi connectivity index (χ1) is 10.6. The lowest BCUT2D eigenvalue weighted by atomic mass is 9.77. The summed E-state index contributed by atoms with van der Waals surface area (Å²) in [6.07, 6.45) is 4.37. The highest BCUT2D eigenvalue weighted by Crippen LogP contribution is 2.43. The van der Waals surface area contributed by atoms with Crippen molar-refractivity contribution in [2.45, 2.75) is 29.7 Å². The van der Waals surface area contributed by atoms with Gasteiger partial charge in [-0.3, -0.25) is 0 Å². The van der Waals surface area contributed by atoms with E-state index in [1.807, 2.05) is 19.2 Å². The Bertz CT molecular complexity index is 687. The third-order valence-electron chi connectivity index (χ3n) is 4.48. The Balaban J connectivity index is 2.08. The standard InChI is InChI=1S/C18H19Cl2NS/c1-21-18-8-6-13(11-3-7-16(19)17(20)9-11)15-10-12(22-2)4-5-14(15)18/h3-5,7,9-10,13,18,21H,6,8H2,1-2H3/t13-,18-/m0/s1. The van der Waals surface area contributed by atoms with Crippen LogP contribution in [0.3, 0.4) is 0 Å². The molecule has 1 nitrogen and oxygen atoms in total. The van der Waals surface area contributed by atoms with E-state index in [1.165, 1.54) is 21.6 Å². The normalized spacial score (nSPS) is 20.7. The minimum Gasteiger partial charge on any atom is -0.313 e. The zero-order valence-corrected chi connectivity index (χ0v) is 15.0. The summed E-state index contributed by atoms with van der Waals surface area (Å²) in [6.45, 7) is 0. The maximum Gasteiger partial charge on any atom is 0.0595 e. The van der Waals surface area contributed by atoms with Crippen LogP contribution in [0.5, 0.6) is 0 Å². The van der Waals surface area contributed by atoms with Gasteiger partial charge in [-0.1, -0.05) is 35.3 Å². The second-order valence-corrected chi connectivity index (χ2v) is 7.33. The van der Waals surface area contributed by atoms with E-state index >= 15 is 0 Å². The van der Waals surface area contributed by atoms with E-state index in [2.05, 4.69) is 35.8 Å². The lowest BCUT2D eigenvalue weighted by Crippen LogP contribution is -2.24. The Kier molecular flexibility index (Phi) is 5.03. The van der Waals surface area contributed by atoms with Crippen LogP contribution in [0.15, 0.2) is 41.3 Å². The molecular formula is C18H19Cl2NS. The molecule has 0 fully saturated rings. The van der Waals surface area contributed by atoms with Gasteiger partial charge >= 0.3 is 0 Å². The first-order valence-corrected chi connectivity index (χ1v) is 9.42. The van der Waals surface area contributed by atoms with Gasteiger partial charge in [-0.05, 0) is 67.1 Å². The van der Waals surface area contributed by atoms with Crippen molar-refractivity contribution < 1.29 is 0 Å². The fourth-order valence-electron chi connectivity index (χ4n) is 3.32. The van der Waals surface area contributed by atoms with Gasteiger partial charge in [0.2, 0.25) is 0 Å². The highest BCUT2D eigenvalue weighted by molar-refractivity contribution is 7.98. The maximum atomic E-state index is 6.23. The van der Waals surface area contributed by atoms with Gasteiger partial charge in [0, 0.05) is 16.9 Å². The molecule has 0 unspecified atom stereocenters. The van der Waals surface area contributed by atoms with Gasteiger partial charge in [0.25, 0.3) is 0 Å². The molecule has 2 atom stereocenters. The first-order valence-electron chi connectivity index (χ1n) is 7.44. The van der Waals surface area contributed by atoms with Crippen molar-refractivity contribution in [2.75, 3.05) is 13.3 Å². The summed E-state index contributed by atoms with van der Waals surface area (Å²) in [4.78, 5) is 1.31. The number of thioether (sulfide) groups is 1. The van der Waals surface area contributed by atoms with Crippen molar-refractivity contribution in [3.05, 3.63) is 63.1 Å². The first kappa shape index (κ1) is 16.2. The SMILES string of the molecule is CN[C@H]1CC[C@@H](c2ccc(Cl)c(Cl)c2)c2cc(SC)ccc21. The predicted octanol–water partition coefficient (Wildman–Crippen LogP) is 5.90. The summed E-state index contributed by atoms with van der Waals surface area (Å²) in [7, 11) is 2.04. The van der Waals surface area contributed by atoms with Crippen molar-refractivity contribution >= 4 is 35.0 Å². The molecule has 0 aromatic heterocycles. The molecule has 1 aliphatic rings. The van der Waals surface area contributed by atoms with Crippen LogP contribution in [0.4, 0.5) is 0 Å². The smallest absolute Gasteiger partial charge is 0.0595 e. The quantitative estimate of drug-likeness (QED) is 0.690. The Morgan fingerprint density at radius 2 is 1.82 bits per heavy atom. The molecule has 0 radical (unpaired) electrons. The number of fused-ring (bicyclic) bond motifs is 1. The van der Waals surface area contributed by atoms with E-state index in [0.717, 1.165) is 12.8 Å².